The second kappa shape index (κ2) is 8.91. The van der Waals surface area contributed by atoms with Gasteiger partial charge in [-0.3, -0.25) is 14.9 Å². The second-order valence-electron chi connectivity index (χ2n) is 5.08. The highest BCUT2D eigenvalue weighted by Crippen LogP contribution is 2.26. The van der Waals surface area contributed by atoms with E-state index in [9.17, 15) is 19.7 Å². The lowest BCUT2D eigenvalue weighted by molar-refractivity contribution is -0.385. The first-order chi connectivity index (χ1) is 12.4. The van der Waals surface area contributed by atoms with Crippen molar-refractivity contribution in [2.75, 3.05) is 11.9 Å². The largest absolute Gasteiger partial charge is 0.463 e. The van der Waals surface area contributed by atoms with Gasteiger partial charge in [0, 0.05) is 23.4 Å². The molecule has 0 aromatic heterocycles. The molecule has 0 saturated carbocycles. The number of anilines is 1. The average Bonchev–Trinajstić information content (AvgIpc) is 2.61. The SMILES string of the molecule is CCOC(=O)/C=C/c1ccc(NC(=O)c2ccc(Br)c([N+](=O)[O-])c2)cc1. The van der Waals surface area contributed by atoms with Gasteiger partial charge in [0.25, 0.3) is 11.6 Å². The first-order valence-corrected chi connectivity index (χ1v) is 8.40. The van der Waals surface area contributed by atoms with E-state index in [1.165, 1.54) is 24.3 Å². The van der Waals surface area contributed by atoms with Gasteiger partial charge >= 0.3 is 5.97 Å². The second-order valence-corrected chi connectivity index (χ2v) is 5.94. The number of nitrogens with zero attached hydrogens (tertiary/aromatic N) is 1. The molecule has 0 aliphatic heterocycles. The lowest BCUT2D eigenvalue weighted by Crippen LogP contribution is -2.12. The molecule has 0 aliphatic rings. The number of halogens is 1. The van der Waals surface area contributed by atoms with E-state index >= 15 is 0 Å². The lowest BCUT2D eigenvalue weighted by Gasteiger charge is -2.06. The van der Waals surface area contributed by atoms with Crippen molar-refractivity contribution in [1.82, 2.24) is 0 Å². The molecule has 134 valence electrons. The van der Waals surface area contributed by atoms with Gasteiger partial charge in [-0.05, 0) is 58.8 Å². The van der Waals surface area contributed by atoms with Crippen LogP contribution in [0.1, 0.15) is 22.8 Å². The summed E-state index contributed by atoms with van der Waals surface area (Å²) in [5, 5.41) is 13.6. The molecule has 2 aromatic rings. The predicted octanol–water partition coefficient (Wildman–Crippen LogP) is 4.19. The summed E-state index contributed by atoms with van der Waals surface area (Å²) in [5.74, 6) is -0.892. The Balaban J connectivity index is 2.07. The molecule has 2 rings (SSSR count). The van der Waals surface area contributed by atoms with Crippen LogP contribution >= 0.6 is 15.9 Å². The summed E-state index contributed by atoms with van der Waals surface area (Å²) in [6, 6.07) is 10.9. The van der Waals surface area contributed by atoms with E-state index in [-0.39, 0.29) is 11.3 Å². The van der Waals surface area contributed by atoms with Crippen LogP contribution in [0.4, 0.5) is 11.4 Å². The molecule has 0 fully saturated rings. The van der Waals surface area contributed by atoms with E-state index in [0.717, 1.165) is 5.56 Å². The van der Waals surface area contributed by atoms with Crippen LogP contribution in [-0.2, 0) is 9.53 Å². The smallest absolute Gasteiger partial charge is 0.330 e. The third-order valence-electron chi connectivity index (χ3n) is 3.27. The van der Waals surface area contributed by atoms with E-state index in [1.54, 1.807) is 37.3 Å². The average molecular weight is 419 g/mol. The van der Waals surface area contributed by atoms with Gasteiger partial charge < -0.3 is 10.1 Å². The van der Waals surface area contributed by atoms with Gasteiger partial charge in [0.05, 0.1) is 16.0 Å². The minimum atomic E-state index is -0.564. The minimum Gasteiger partial charge on any atom is -0.463 e. The van der Waals surface area contributed by atoms with Gasteiger partial charge in [0.2, 0.25) is 0 Å². The number of benzene rings is 2. The Labute approximate surface area is 157 Å². The Morgan fingerprint density at radius 3 is 2.54 bits per heavy atom. The molecule has 0 saturated heterocycles. The van der Waals surface area contributed by atoms with Gasteiger partial charge in [-0.2, -0.15) is 0 Å². The molecule has 0 bridgehead atoms. The maximum atomic E-state index is 12.2. The number of hydrogen-bond donors (Lipinski definition) is 1. The van der Waals surface area contributed by atoms with Gasteiger partial charge in [-0.25, -0.2) is 4.79 Å². The third kappa shape index (κ3) is 5.25. The molecular formula is C18H15BrN2O5. The standard InChI is InChI=1S/C18H15BrN2O5/c1-2-26-17(22)10-5-12-3-7-14(8-4-12)20-18(23)13-6-9-15(19)16(11-13)21(24)25/h3-11H,2H2,1H3,(H,20,23)/b10-5+. The Hall–Kier alpha value is -3.00. The van der Waals surface area contributed by atoms with Crippen molar-refractivity contribution in [3.63, 3.8) is 0 Å². The first kappa shape index (κ1) is 19.3. The van der Waals surface area contributed by atoms with Crippen molar-refractivity contribution in [2.24, 2.45) is 0 Å². The van der Waals surface area contributed by atoms with Crippen LogP contribution < -0.4 is 5.32 Å². The van der Waals surface area contributed by atoms with E-state index < -0.39 is 16.8 Å². The Morgan fingerprint density at radius 1 is 1.23 bits per heavy atom. The third-order valence-corrected chi connectivity index (χ3v) is 3.94. The maximum Gasteiger partial charge on any atom is 0.330 e. The first-order valence-electron chi connectivity index (χ1n) is 7.61. The fourth-order valence-electron chi connectivity index (χ4n) is 2.03. The van der Waals surface area contributed by atoms with Crippen molar-refractivity contribution < 1.29 is 19.2 Å². The van der Waals surface area contributed by atoms with E-state index in [4.69, 9.17) is 4.74 Å². The zero-order chi connectivity index (χ0) is 19.1. The molecule has 2 aromatic carbocycles. The van der Waals surface area contributed by atoms with E-state index in [1.807, 2.05) is 0 Å². The molecule has 1 N–H and O–H groups in total. The molecular weight excluding hydrogens is 404 g/mol. The summed E-state index contributed by atoms with van der Waals surface area (Å²) < 4.78 is 5.09. The summed E-state index contributed by atoms with van der Waals surface area (Å²) in [5.41, 5.74) is 1.27. The van der Waals surface area contributed by atoms with Crippen molar-refractivity contribution >= 4 is 45.3 Å². The summed E-state index contributed by atoms with van der Waals surface area (Å²) in [6.45, 7) is 2.03. The summed E-state index contributed by atoms with van der Waals surface area (Å²) >= 11 is 3.08. The number of hydrogen-bond acceptors (Lipinski definition) is 5. The molecule has 0 heterocycles. The van der Waals surface area contributed by atoms with Crippen LogP contribution in [0.15, 0.2) is 53.0 Å². The van der Waals surface area contributed by atoms with Crippen molar-refractivity contribution in [1.29, 1.82) is 0 Å². The van der Waals surface area contributed by atoms with Crippen LogP contribution in [0.25, 0.3) is 6.08 Å². The molecule has 0 spiro atoms. The van der Waals surface area contributed by atoms with Crippen molar-refractivity contribution in [3.05, 3.63) is 74.3 Å². The normalized spacial score (nSPS) is 10.5. The number of amides is 1. The topological polar surface area (TPSA) is 98.5 Å². The molecule has 7 nitrogen and oxygen atoms in total. The number of esters is 1. The fraction of sp³-hybridized carbons (Fsp3) is 0.111. The molecule has 1 amide bonds. The molecule has 0 atom stereocenters. The quantitative estimate of drug-likeness (QED) is 0.328. The van der Waals surface area contributed by atoms with Crippen LogP contribution in [-0.4, -0.2) is 23.4 Å². The van der Waals surface area contributed by atoms with Crippen LogP contribution in [0.3, 0.4) is 0 Å². The number of rotatable bonds is 6. The fourth-order valence-corrected chi connectivity index (χ4v) is 2.42. The zero-order valence-corrected chi connectivity index (χ0v) is 15.4. The van der Waals surface area contributed by atoms with Crippen LogP contribution in [0.2, 0.25) is 0 Å². The Bertz CT molecular complexity index is 862. The monoisotopic (exact) mass is 418 g/mol. The van der Waals surface area contributed by atoms with E-state index in [2.05, 4.69) is 21.2 Å². The highest BCUT2D eigenvalue weighted by molar-refractivity contribution is 9.10. The van der Waals surface area contributed by atoms with Gasteiger partial charge in [-0.1, -0.05) is 12.1 Å². The van der Waals surface area contributed by atoms with E-state index in [0.29, 0.717) is 16.8 Å². The molecule has 0 unspecified atom stereocenters. The Morgan fingerprint density at radius 2 is 1.92 bits per heavy atom. The number of carbonyl (C=O) groups excluding carboxylic acids is 2. The maximum absolute atomic E-state index is 12.2. The number of nitro benzene ring substituents is 1. The lowest BCUT2D eigenvalue weighted by atomic mass is 10.1. The summed E-state index contributed by atoms with van der Waals surface area (Å²) in [7, 11) is 0. The Kier molecular flexibility index (Phi) is 6.62. The van der Waals surface area contributed by atoms with Crippen molar-refractivity contribution in [3.8, 4) is 0 Å². The zero-order valence-electron chi connectivity index (χ0n) is 13.8. The molecule has 26 heavy (non-hydrogen) atoms. The van der Waals surface area contributed by atoms with Gasteiger partial charge in [0.15, 0.2) is 0 Å². The number of nitro groups is 1. The number of ether oxygens (including phenoxy) is 1. The van der Waals surface area contributed by atoms with Crippen LogP contribution in [0.5, 0.6) is 0 Å². The molecule has 0 radical (unpaired) electrons. The number of carbonyl (C=O) groups is 2. The van der Waals surface area contributed by atoms with Crippen molar-refractivity contribution in [2.45, 2.75) is 6.92 Å². The van der Waals surface area contributed by atoms with Crippen LogP contribution in [0, 0.1) is 10.1 Å². The molecule has 8 heteroatoms. The van der Waals surface area contributed by atoms with Gasteiger partial charge in [-0.15, -0.1) is 0 Å². The number of nitrogens with one attached hydrogen (secondary N) is 1. The summed E-state index contributed by atoms with van der Waals surface area (Å²) in [4.78, 5) is 33.9. The highest BCUT2D eigenvalue weighted by atomic mass is 79.9. The highest BCUT2D eigenvalue weighted by Gasteiger charge is 2.16. The minimum absolute atomic E-state index is 0.172. The van der Waals surface area contributed by atoms with Gasteiger partial charge in [0.1, 0.15) is 0 Å². The molecule has 0 aliphatic carbocycles. The summed E-state index contributed by atoms with van der Waals surface area (Å²) in [6.07, 6.45) is 2.92. The predicted molar refractivity (Wildman–Crippen MR) is 101 cm³/mol.